The molecule has 7 nitrogen and oxygen atoms in total. The van der Waals surface area contributed by atoms with Crippen LogP contribution in [0.3, 0.4) is 0 Å². The van der Waals surface area contributed by atoms with E-state index in [1.165, 1.54) is 0 Å². The van der Waals surface area contributed by atoms with Gasteiger partial charge in [0.2, 0.25) is 0 Å². The lowest BCUT2D eigenvalue weighted by atomic mass is 10.2. The highest BCUT2D eigenvalue weighted by Gasteiger charge is 2.24. The van der Waals surface area contributed by atoms with Gasteiger partial charge in [0, 0.05) is 55.1 Å². The van der Waals surface area contributed by atoms with Crippen LogP contribution < -0.4 is 4.90 Å². The quantitative estimate of drug-likeness (QED) is 0.606. The van der Waals surface area contributed by atoms with Crippen molar-refractivity contribution in [1.82, 2.24) is 24.6 Å². The predicted molar refractivity (Wildman–Crippen MR) is 122 cm³/mol. The van der Waals surface area contributed by atoms with Crippen LogP contribution in [0.25, 0.3) is 0 Å². The zero-order chi connectivity index (χ0) is 22.0. The molecule has 0 N–H and O–H groups in total. The number of amides is 1. The maximum atomic E-state index is 13.0. The highest BCUT2D eigenvalue weighted by Crippen LogP contribution is 2.20. The first kappa shape index (κ1) is 21.3. The average molecular weight is 439 g/mol. The van der Waals surface area contributed by atoms with Crippen LogP contribution in [0.15, 0.2) is 42.7 Å². The highest BCUT2D eigenvalue weighted by atomic mass is 35.5. The van der Waals surface area contributed by atoms with E-state index in [0.29, 0.717) is 30.2 Å². The second-order valence-corrected chi connectivity index (χ2v) is 8.58. The molecular weight excluding hydrogens is 412 g/mol. The molecule has 1 aromatic carbocycles. The van der Waals surface area contributed by atoms with E-state index in [1.54, 1.807) is 17.1 Å². The van der Waals surface area contributed by atoms with Gasteiger partial charge in [0.1, 0.15) is 11.6 Å². The van der Waals surface area contributed by atoms with E-state index in [1.807, 2.05) is 42.2 Å². The number of aryl methyl sites for hydroxylation is 1. The van der Waals surface area contributed by atoms with Gasteiger partial charge in [0.15, 0.2) is 0 Å². The first-order chi connectivity index (χ1) is 14.9. The van der Waals surface area contributed by atoms with E-state index in [4.69, 9.17) is 16.6 Å². The smallest absolute Gasteiger partial charge is 0.257 e. The molecule has 0 spiro atoms. The van der Waals surface area contributed by atoms with E-state index >= 15 is 0 Å². The van der Waals surface area contributed by atoms with Gasteiger partial charge in [-0.25, -0.2) is 9.97 Å². The number of hydrogen-bond acceptors (Lipinski definition) is 5. The Kier molecular flexibility index (Phi) is 6.23. The minimum atomic E-state index is 0.00629. The van der Waals surface area contributed by atoms with Crippen molar-refractivity contribution in [1.29, 1.82) is 0 Å². The van der Waals surface area contributed by atoms with Crippen molar-refractivity contribution < 1.29 is 4.79 Å². The standard InChI is InChI=1S/C23H27ClN6O/c1-16(2)22-26-17(3)12-21(27-22)28-8-10-29(11-9-28)23(31)19-13-25-30(15-19)14-18-6-4-5-7-20(18)24/h4-7,12-13,15-16H,8-11,14H2,1-3H3. The summed E-state index contributed by atoms with van der Waals surface area (Å²) >= 11 is 6.24. The summed E-state index contributed by atoms with van der Waals surface area (Å²) < 4.78 is 1.75. The van der Waals surface area contributed by atoms with Gasteiger partial charge in [0.05, 0.1) is 18.3 Å². The van der Waals surface area contributed by atoms with Crippen LogP contribution in [0, 0.1) is 6.92 Å². The molecule has 162 valence electrons. The van der Waals surface area contributed by atoms with Gasteiger partial charge >= 0.3 is 0 Å². The summed E-state index contributed by atoms with van der Waals surface area (Å²) in [6, 6.07) is 9.68. The van der Waals surface area contributed by atoms with Crippen LogP contribution in [0.2, 0.25) is 5.02 Å². The third kappa shape index (κ3) is 4.88. The second-order valence-electron chi connectivity index (χ2n) is 8.18. The van der Waals surface area contributed by atoms with Crippen LogP contribution in [-0.2, 0) is 6.54 Å². The van der Waals surface area contributed by atoms with Crippen molar-refractivity contribution in [2.45, 2.75) is 33.2 Å². The maximum Gasteiger partial charge on any atom is 0.257 e. The molecule has 2 aromatic heterocycles. The van der Waals surface area contributed by atoms with Crippen molar-refractivity contribution in [3.8, 4) is 0 Å². The third-order valence-electron chi connectivity index (χ3n) is 5.44. The maximum absolute atomic E-state index is 13.0. The monoisotopic (exact) mass is 438 g/mol. The normalized spacial score (nSPS) is 14.4. The SMILES string of the molecule is Cc1cc(N2CCN(C(=O)c3cnn(Cc4ccccc4Cl)c3)CC2)nc(C(C)C)n1. The number of piperazine rings is 1. The predicted octanol–water partition coefficient (Wildman–Crippen LogP) is 3.77. The zero-order valence-electron chi connectivity index (χ0n) is 18.1. The lowest BCUT2D eigenvalue weighted by Gasteiger charge is -2.35. The molecule has 1 aliphatic rings. The third-order valence-corrected chi connectivity index (χ3v) is 5.80. The fraction of sp³-hybridized carbons (Fsp3) is 0.391. The Bertz CT molecular complexity index is 1070. The molecule has 1 saturated heterocycles. The summed E-state index contributed by atoms with van der Waals surface area (Å²) in [4.78, 5) is 26.3. The van der Waals surface area contributed by atoms with Gasteiger partial charge in [-0.15, -0.1) is 0 Å². The Morgan fingerprint density at radius 2 is 1.87 bits per heavy atom. The number of carbonyl (C=O) groups excluding carboxylic acids is 1. The molecule has 0 radical (unpaired) electrons. The van der Waals surface area contributed by atoms with Crippen LogP contribution in [0.4, 0.5) is 5.82 Å². The molecule has 0 aliphatic carbocycles. The van der Waals surface area contributed by atoms with Crippen molar-refractivity contribution in [2.24, 2.45) is 0 Å². The number of carbonyl (C=O) groups is 1. The molecule has 3 heterocycles. The van der Waals surface area contributed by atoms with Crippen molar-refractivity contribution >= 4 is 23.3 Å². The Morgan fingerprint density at radius 1 is 1.13 bits per heavy atom. The first-order valence-corrected chi connectivity index (χ1v) is 10.9. The number of hydrogen-bond donors (Lipinski definition) is 0. The van der Waals surface area contributed by atoms with Crippen LogP contribution in [-0.4, -0.2) is 56.7 Å². The lowest BCUT2D eigenvalue weighted by molar-refractivity contribution is 0.0746. The molecule has 0 bridgehead atoms. The topological polar surface area (TPSA) is 67.2 Å². The molecule has 4 rings (SSSR count). The largest absolute Gasteiger partial charge is 0.353 e. The number of benzene rings is 1. The molecule has 0 unspecified atom stereocenters. The van der Waals surface area contributed by atoms with E-state index in [2.05, 4.69) is 28.8 Å². The summed E-state index contributed by atoms with van der Waals surface area (Å²) in [6.07, 6.45) is 3.43. The van der Waals surface area contributed by atoms with Gasteiger partial charge in [-0.1, -0.05) is 43.6 Å². The number of nitrogens with zero attached hydrogens (tertiary/aromatic N) is 6. The highest BCUT2D eigenvalue weighted by molar-refractivity contribution is 6.31. The van der Waals surface area contributed by atoms with Crippen molar-refractivity contribution in [2.75, 3.05) is 31.1 Å². The molecule has 0 saturated carbocycles. The molecular formula is C23H27ClN6O. The molecule has 1 amide bonds. The van der Waals surface area contributed by atoms with E-state index < -0.39 is 0 Å². The van der Waals surface area contributed by atoms with E-state index in [0.717, 1.165) is 36.0 Å². The second kappa shape index (κ2) is 9.06. The molecule has 8 heteroatoms. The van der Waals surface area contributed by atoms with Crippen molar-refractivity contribution in [3.05, 3.63) is 70.4 Å². The summed E-state index contributed by atoms with van der Waals surface area (Å²) in [7, 11) is 0. The Balaban J connectivity index is 1.39. The first-order valence-electron chi connectivity index (χ1n) is 10.6. The van der Waals surface area contributed by atoms with Gasteiger partial charge in [-0.2, -0.15) is 5.10 Å². The molecule has 1 aliphatic heterocycles. The summed E-state index contributed by atoms with van der Waals surface area (Å²) in [5, 5.41) is 5.05. The Morgan fingerprint density at radius 3 is 2.58 bits per heavy atom. The van der Waals surface area contributed by atoms with Crippen molar-refractivity contribution in [3.63, 3.8) is 0 Å². The number of anilines is 1. The van der Waals surface area contributed by atoms with E-state index in [-0.39, 0.29) is 11.8 Å². The fourth-order valence-electron chi connectivity index (χ4n) is 3.68. The Hall–Kier alpha value is -2.93. The average Bonchev–Trinajstić information content (AvgIpc) is 3.23. The molecule has 3 aromatic rings. The van der Waals surface area contributed by atoms with Gasteiger partial charge < -0.3 is 9.80 Å². The summed E-state index contributed by atoms with van der Waals surface area (Å²) in [6.45, 7) is 9.51. The number of halogens is 1. The van der Waals surface area contributed by atoms with Crippen LogP contribution in [0.1, 0.15) is 47.2 Å². The van der Waals surface area contributed by atoms with Gasteiger partial charge in [0.25, 0.3) is 5.91 Å². The Labute approximate surface area is 187 Å². The molecule has 1 fully saturated rings. The van der Waals surface area contributed by atoms with Gasteiger partial charge in [-0.05, 0) is 18.6 Å². The zero-order valence-corrected chi connectivity index (χ0v) is 18.9. The summed E-state index contributed by atoms with van der Waals surface area (Å²) in [5.74, 6) is 2.09. The van der Waals surface area contributed by atoms with Crippen LogP contribution >= 0.6 is 11.6 Å². The van der Waals surface area contributed by atoms with Crippen LogP contribution in [0.5, 0.6) is 0 Å². The number of aromatic nitrogens is 4. The van der Waals surface area contributed by atoms with E-state index in [9.17, 15) is 4.79 Å². The minimum absolute atomic E-state index is 0.00629. The number of rotatable bonds is 5. The molecule has 0 atom stereocenters. The summed E-state index contributed by atoms with van der Waals surface area (Å²) in [5.41, 5.74) is 2.54. The minimum Gasteiger partial charge on any atom is -0.353 e. The lowest BCUT2D eigenvalue weighted by Crippen LogP contribution is -2.49. The van der Waals surface area contributed by atoms with Gasteiger partial charge in [-0.3, -0.25) is 9.48 Å². The molecule has 31 heavy (non-hydrogen) atoms. The fourth-order valence-corrected chi connectivity index (χ4v) is 3.87.